The molecule has 1 atom stereocenters. The number of anilines is 2. The van der Waals surface area contributed by atoms with E-state index in [1.165, 1.54) is 4.90 Å². The van der Waals surface area contributed by atoms with Crippen molar-refractivity contribution < 1.29 is 14.3 Å². The van der Waals surface area contributed by atoms with Crippen molar-refractivity contribution in [2.24, 2.45) is 0 Å². The van der Waals surface area contributed by atoms with E-state index in [1.54, 1.807) is 19.1 Å². The number of hydrogen-bond acceptors (Lipinski definition) is 4. The van der Waals surface area contributed by atoms with Gasteiger partial charge in [0, 0.05) is 12.2 Å². The Bertz CT molecular complexity index is 806. The van der Waals surface area contributed by atoms with E-state index in [-0.39, 0.29) is 18.4 Å². The van der Waals surface area contributed by atoms with Crippen molar-refractivity contribution in [2.75, 3.05) is 23.3 Å². The number of nitrogens with zero attached hydrogens (tertiary/aromatic N) is 1. The molecule has 1 heterocycles. The number of hydrogen-bond donors (Lipinski definition) is 2. The number of fused-ring (bicyclic) bond motifs is 1. The summed E-state index contributed by atoms with van der Waals surface area (Å²) in [6.07, 6.45) is -0.612. The number of benzene rings is 2. The summed E-state index contributed by atoms with van der Waals surface area (Å²) in [5, 5.41) is 6.17. The van der Waals surface area contributed by atoms with E-state index >= 15 is 0 Å². The Morgan fingerprint density at radius 1 is 1.15 bits per heavy atom. The molecule has 0 radical (unpaired) electrons. The monoisotopic (exact) mass is 353 g/mol. The lowest BCUT2D eigenvalue weighted by molar-refractivity contribution is -0.127. The van der Waals surface area contributed by atoms with Crippen molar-refractivity contribution in [2.45, 2.75) is 26.5 Å². The molecule has 2 N–H and O–H groups in total. The van der Waals surface area contributed by atoms with Crippen molar-refractivity contribution in [3.8, 4) is 5.75 Å². The topological polar surface area (TPSA) is 70.7 Å². The number of rotatable bonds is 6. The van der Waals surface area contributed by atoms with Crippen molar-refractivity contribution in [1.29, 1.82) is 0 Å². The van der Waals surface area contributed by atoms with Gasteiger partial charge in [0.15, 0.2) is 6.10 Å². The zero-order valence-electron chi connectivity index (χ0n) is 15.0. The van der Waals surface area contributed by atoms with E-state index in [1.807, 2.05) is 43.3 Å². The molecule has 0 aliphatic carbocycles. The van der Waals surface area contributed by atoms with Gasteiger partial charge in [0.25, 0.3) is 5.91 Å². The molecule has 0 saturated heterocycles. The fourth-order valence-corrected chi connectivity index (χ4v) is 2.91. The van der Waals surface area contributed by atoms with Gasteiger partial charge in [-0.05, 0) is 37.2 Å². The molecular weight excluding hydrogens is 330 g/mol. The van der Waals surface area contributed by atoms with E-state index in [4.69, 9.17) is 4.74 Å². The van der Waals surface area contributed by atoms with Crippen LogP contribution >= 0.6 is 0 Å². The van der Waals surface area contributed by atoms with Crippen LogP contribution in [0.15, 0.2) is 48.5 Å². The second kappa shape index (κ2) is 8.01. The molecule has 1 aliphatic heterocycles. The molecule has 2 amide bonds. The third kappa shape index (κ3) is 3.86. The molecule has 1 unspecified atom stereocenters. The third-order valence-electron chi connectivity index (χ3n) is 4.23. The smallest absolute Gasteiger partial charge is 0.268 e. The molecule has 6 heteroatoms. The standard InChI is InChI=1S/C20H23N3O3/c1-3-21-12-15-8-4-5-9-16(15)22-19(24)13-23-17-10-6-7-11-18(17)26-14(2)20(23)25/h4-11,14,21H,3,12-13H2,1-2H3,(H,22,24). The van der Waals surface area contributed by atoms with E-state index in [0.29, 0.717) is 18.0 Å². The first kappa shape index (κ1) is 17.9. The van der Waals surface area contributed by atoms with Crippen LogP contribution in [-0.4, -0.2) is 31.0 Å². The summed E-state index contributed by atoms with van der Waals surface area (Å²) in [5.74, 6) is 0.144. The molecule has 2 aromatic rings. The minimum Gasteiger partial charge on any atom is -0.479 e. The highest BCUT2D eigenvalue weighted by atomic mass is 16.5. The predicted molar refractivity (Wildman–Crippen MR) is 101 cm³/mol. The molecule has 6 nitrogen and oxygen atoms in total. The molecule has 2 aromatic carbocycles. The highest BCUT2D eigenvalue weighted by Crippen LogP contribution is 2.33. The van der Waals surface area contributed by atoms with Crippen LogP contribution < -0.4 is 20.3 Å². The molecule has 26 heavy (non-hydrogen) atoms. The molecule has 0 bridgehead atoms. The zero-order chi connectivity index (χ0) is 18.5. The van der Waals surface area contributed by atoms with Crippen LogP contribution in [0, 0.1) is 0 Å². The average molecular weight is 353 g/mol. The highest BCUT2D eigenvalue weighted by molar-refractivity contribution is 6.06. The predicted octanol–water partition coefficient (Wildman–Crippen LogP) is 2.55. The quantitative estimate of drug-likeness (QED) is 0.837. The first-order valence-corrected chi connectivity index (χ1v) is 8.75. The van der Waals surface area contributed by atoms with Gasteiger partial charge in [-0.25, -0.2) is 0 Å². The lowest BCUT2D eigenvalue weighted by atomic mass is 10.1. The Morgan fingerprint density at radius 3 is 2.69 bits per heavy atom. The first-order chi connectivity index (χ1) is 12.6. The van der Waals surface area contributed by atoms with E-state index in [0.717, 1.165) is 17.8 Å². The Balaban J connectivity index is 1.75. The van der Waals surface area contributed by atoms with E-state index < -0.39 is 6.10 Å². The van der Waals surface area contributed by atoms with Crippen molar-refractivity contribution in [1.82, 2.24) is 5.32 Å². The van der Waals surface area contributed by atoms with Gasteiger partial charge in [-0.15, -0.1) is 0 Å². The molecule has 0 fully saturated rings. The van der Waals surface area contributed by atoms with Gasteiger partial charge in [0.1, 0.15) is 12.3 Å². The van der Waals surface area contributed by atoms with Gasteiger partial charge < -0.3 is 15.4 Å². The number of ether oxygens (including phenoxy) is 1. The van der Waals surface area contributed by atoms with Crippen LogP contribution in [0.5, 0.6) is 5.75 Å². The van der Waals surface area contributed by atoms with Crippen molar-refractivity contribution >= 4 is 23.2 Å². The fraction of sp³-hybridized carbons (Fsp3) is 0.300. The number of para-hydroxylation sites is 3. The summed E-state index contributed by atoms with van der Waals surface area (Å²) in [5.41, 5.74) is 2.37. The number of amides is 2. The summed E-state index contributed by atoms with van der Waals surface area (Å²) in [4.78, 5) is 26.6. The Morgan fingerprint density at radius 2 is 1.88 bits per heavy atom. The highest BCUT2D eigenvalue weighted by Gasteiger charge is 2.32. The minimum absolute atomic E-state index is 0.0565. The largest absolute Gasteiger partial charge is 0.479 e. The number of carbonyl (C=O) groups excluding carboxylic acids is 2. The first-order valence-electron chi connectivity index (χ1n) is 8.75. The van der Waals surface area contributed by atoms with E-state index in [9.17, 15) is 9.59 Å². The number of carbonyl (C=O) groups is 2. The molecule has 0 aromatic heterocycles. The van der Waals surface area contributed by atoms with Gasteiger partial charge in [0.2, 0.25) is 5.91 Å². The number of nitrogens with one attached hydrogen (secondary N) is 2. The van der Waals surface area contributed by atoms with E-state index in [2.05, 4.69) is 10.6 Å². The van der Waals surface area contributed by atoms with Crippen LogP contribution in [0.2, 0.25) is 0 Å². The van der Waals surface area contributed by atoms with Gasteiger partial charge in [0.05, 0.1) is 5.69 Å². The van der Waals surface area contributed by atoms with Gasteiger partial charge in [-0.3, -0.25) is 14.5 Å². The second-order valence-electron chi connectivity index (χ2n) is 6.14. The van der Waals surface area contributed by atoms with Gasteiger partial charge >= 0.3 is 0 Å². The van der Waals surface area contributed by atoms with Crippen LogP contribution in [0.3, 0.4) is 0 Å². The van der Waals surface area contributed by atoms with Crippen LogP contribution in [0.25, 0.3) is 0 Å². The maximum atomic E-state index is 12.6. The fourth-order valence-electron chi connectivity index (χ4n) is 2.91. The molecule has 3 rings (SSSR count). The van der Waals surface area contributed by atoms with Crippen LogP contribution in [0.4, 0.5) is 11.4 Å². The molecule has 136 valence electrons. The summed E-state index contributed by atoms with van der Waals surface area (Å²) < 4.78 is 5.61. The normalized spacial score (nSPS) is 16.0. The molecule has 0 saturated carbocycles. The minimum atomic E-state index is -0.612. The van der Waals surface area contributed by atoms with Crippen molar-refractivity contribution in [3.63, 3.8) is 0 Å². The summed E-state index contributed by atoms with van der Waals surface area (Å²) >= 11 is 0. The summed E-state index contributed by atoms with van der Waals surface area (Å²) in [6.45, 7) is 5.18. The van der Waals surface area contributed by atoms with Crippen LogP contribution in [-0.2, 0) is 16.1 Å². The summed E-state index contributed by atoms with van der Waals surface area (Å²) in [7, 11) is 0. The maximum absolute atomic E-state index is 12.6. The SMILES string of the molecule is CCNCc1ccccc1NC(=O)CN1C(=O)C(C)Oc2ccccc21. The molecule has 1 aliphatic rings. The lowest BCUT2D eigenvalue weighted by Gasteiger charge is -2.32. The summed E-state index contributed by atoms with van der Waals surface area (Å²) in [6, 6.07) is 14.9. The van der Waals surface area contributed by atoms with Gasteiger partial charge in [-0.1, -0.05) is 37.3 Å². The zero-order valence-corrected chi connectivity index (χ0v) is 15.0. The lowest BCUT2D eigenvalue weighted by Crippen LogP contribution is -2.47. The Kier molecular flexibility index (Phi) is 5.53. The van der Waals surface area contributed by atoms with Crippen LogP contribution in [0.1, 0.15) is 19.4 Å². The maximum Gasteiger partial charge on any atom is 0.268 e. The molecule has 0 spiro atoms. The third-order valence-corrected chi connectivity index (χ3v) is 4.23. The molecular formula is C20H23N3O3. The second-order valence-corrected chi connectivity index (χ2v) is 6.14. The van der Waals surface area contributed by atoms with Gasteiger partial charge in [-0.2, -0.15) is 0 Å². The Hall–Kier alpha value is -2.86. The van der Waals surface area contributed by atoms with Crippen molar-refractivity contribution in [3.05, 3.63) is 54.1 Å². The Labute approximate surface area is 153 Å². The average Bonchev–Trinajstić information content (AvgIpc) is 2.64.